The Balaban J connectivity index is 1.45. The molecule has 2 fully saturated rings. The Labute approximate surface area is 147 Å². The number of halogens is 1. The summed E-state index contributed by atoms with van der Waals surface area (Å²) in [6.07, 6.45) is 2.82. The first-order chi connectivity index (χ1) is 12.0. The smallest absolute Gasteiger partial charge is 0.226 e. The van der Waals surface area contributed by atoms with Gasteiger partial charge in [-0.15, -0.1) is 0 Å². The van der Waals surface area contributed by atoms with Gasteiger partial charge in [0.1, 0.15) is 5.82 Å². The summed E-state index contributed by atoms with van der Waals surface area (Å²) in [6.45, 7) is 5.60. The van der Waals surface area contributed by atoms with Crippen LogP contribution in [0.1, 0.15) is 42.1 Å². The topological polar surface area (TPSA) is 38.1 Å². The molecule has 1 saturated carbocycles. The summed E-state index contributed by atoms with van der Waals surface area (Å²) in [5.41, 5.74) is 2.83. The first-order valence-electron chi connectivity index (χ1n) is 9.10. The average molecular weight is 341 g/mol. The number of likely N-dealkylation sites (tertiary alicyclic amines) is 1. The minimum absolute atomic E-state index is 0.0450. The average Bonchev–Trinajstić information content (AvgIpc) is 3.13. The third kappa shape index (κ3) is 3.08. The fraction of sp³-hybridized carbons (Fsp3) is 0.500. The molecule has 2 aliphatic rings. The molecule has 25 heavy (non-hydrogen) atoms. The fourth-order valence-electron chi connectivity index (χ4n) is 4.18. The van der Waals surface area contributed by atoms with Crippen LogP contribution in [0.25, 0.3) is 0 Å². The third-order valence-electron chi connectivity index (χ3n) is 5.56. The zero-order valence-corrected chi connectivity index (χ0v) is 14.8. The maximum atomic E-state index is 14.0. The number of carbonyl (C=O) groups is 1. The molecule has 1 saturated heterocycles. The van der Waals surface area contributed by atoms with Crippen molar-refractivity contribution in [1.29, 1.82) is 0 Å². The second-order valence-corrected chi connectivity index (χ2v) is 7.41. The minimum Gasteiger partial charge on any atom is -0.338 e. The van der Waals surface area contributed by atoms with Crippen LogP contribution >= 0.6 is 0 Å². The summed E-state index contributed by atoms with van der Waals surface area (Å²) < 4.78 is 16.0. The lowest BCUT2D eigenvalue weighted by atomic mass is 10.1. The Morgan fingerprint density at radius 1 is 1.32 bits per heavy atom. The van der Waals surface area contributed by atoms with Crippen LogP contribution in [-0.2, 0) is 11.3 Å². The number of rotatable bonds is 4. The molecular formula is C20H24FN3O. The Kier molecular flexibility index (Phi) is 4.10. The van der Waals surface area contributed by atoms with Crippen molar-refractivity contribution >= 4 is 5.91 Å². The number of hydrogen-bond acceptors (Lipinski definition) is 2. The summed E-state index contributed by atoms with van der Waals surface area (Å²) in [5, 5.41) is 4.53. The molecule has 1 aromatic heterocycles. The van der Waals surface area contributed by atoms with Crippen molar-refractivity contribution in [3.8, 4) is 0 Å². The van der Waals surface area contributed by atoms with E-state index in [0.717, 1.165) is 43.7 Å². The molecule has 5 heteroatoms. The number of aromatic nitrogens is 2. The van der Waals surface area contributed by atoms with E-state index in [1.54, 1.807) is 6.07 Å². The predicted octanol–water partition coefficient (Wildman–Crippen LogP) is 3.43. The highest BCUT2D eigenvalue weighted by atomic mass is 19.1. The molecular weight excluding hydrogens is 317 g/mol. The summed E-state index contributed by atoms with van der Waals surface area (Å²) in [5.74, 6) is -0.0118. The van der Waals surface area contributed by atoms with Crippen LogP contribution in [0.5, 0.6) is 0 Å². The van der Waals surface area contributed by atoms with Gasteiger partial charge >= 0.3 is 0 Å². The van der Waals surface area contributed by atoms with Gasteiger partial charge in [-0.1, -0.05) is 18.2 Å². The van der Waals surface area contributed by atoms with Gasteiger partial charge < -0.3 is 4.90 Å². The Morgan fingerprint density at radius 3 is 2.84 bits per heavy atom. The van der Waals surface area contributed by atoms with Gasteiger partial charge in [0, 0.05) is 18.2 Å². The van der Waals surface area contributed by atoms with Gasteiger partial charge in [-0.3, -0.25) is 9.48 Å². The summed E-state index contributed by atoms with van der Waals surface area (Å²) in [4.78, 5) is 15.0. The van der Waals surface area contributed by atoms with E-state index in [1.165, 1.54) is 6.07 Å². The van der Waals surface area contributed by atoms with Gasteiger partial charge in [0.2, 0.25) is 5.91 Å². The third-order valence-corrected chi connectivity index (χ3v) is 5.56. The van der Waals surface area contributed by atoms with Crippen LogP contribution in [0.15, 0.2) is 30.3 Å². The molecule has 3 atom stereocenters. The van der Waals surface area contributed by atoms with E-state index < -0.39 is 0 Å². The van der Waals surface area contributed by atoms with Crippen LogP contribution in [-0.4, -0.2) is 33.2 Å². The van der Waals surface area contributed by atoms with Crippen molar-refractivity contribution < 1.29 is 9.18 Å². The largest absolute Gasteiger partial charge is 0.338 e. The van der Waals surface area contributed by atoms with Crippen molar-refractivity contribution in [1.82, 2.24) is 14.7 Å². The number of nitrogens with zero attached hydrogens (tertiary/aromatic N) is 3. The van der Waals surface area contributed by atoms with Gasteiger partial charge in [0.15, 0.2) is 0 Å². The van der Waals surface area contributed by atoms with Gasteiger partial charge in [-0.05, 0) is 56.7 Å². The summed E-state index contributed by atoms with van der Waals surface area (Å²) in [7, 11) is 0. The Morgan fingerprint density at radius 2 is 2.12 bits per heavy atom. The first kappa shape index (κ1) is 16.3. The summed E-state index contributed by atoms with van der Waals surface area (Å²) >= 11 is 0. The maximum absolute atomic E-state index is 14.0. The monoisotopic (exact) mass is 341 g/mol. The fourth-order valence-corrected chi connectivity index (χ4v) is 4.18. The van der Waals surface area contributed by atoms with Crippen molar-refractivity contribution in [2.24, 2.45) is 5.92 Å². The molecule has 132 valence electrons. The van der Waals surface area contributed by atoms with E-state index in [2.05, 4.69) is 18.1 Å². The molecule has 0 unspecified atom stereocenters. The maximum Gasteiger partial charge on any atom is 0.226 e. The van der Waals surface area contributed by atoms with Crippen molar-refractivity contribution in [3.63, 3.8) is 0 Å². The van der Waals surface area contributed by atoms with Crippen LogP contribution in [0.2, 0.25) is 0 Å². The van der Waals surface area contributed by atoms with Crippen LogP contribution in [0, 0.1) is 25.6 Å². The van der Waals surface area contributed by atoms with Crippen LogP contribution in [0.3, 0.4) is 0 Å². The number of hydrogen-bond donors (Lipinski definition) is 0. The van der Waals surface area contributed by atoms with E-state index >= 15 is 0 Å². The van der Waals surface area contributed by atoms with Gasteiger partial charge in [-0.2, -0.15) is 5.10 Å². The standard InChI is InChI=1S/C20H24FN3O/c1-13-10-14(2)24(22-13)12-15-6-5-9-23(15)20(25)18-11-17(18)16-7-3-4-8-19(16)21/h3-4,7-8,10,15,17-18H,5-6,9,11-12H2,1-2H3/t15-,17-,18+/m0/s1. The van der Waals surface area contributed by atoms with Crippen molar-refractivity contribution in [3.05, 3.63) is 53.1 Å². The molecule has 2 aromatic rings. The second kappa shape index (κ2) is 6.28. The molecule has 0 radical (unpaired) electrons. The van der Waals surface area contributed by atoms with Crippen molar-refractivity contribution in [2.75, 3.05) is 6.54 Å². The Bertz CT molecular complexity index is 800. The zero-order valence-electron chi connectivity index (χ0n) is 14.8. The lowest BCUT2D eigenvalue weighted by Gasteiger charge is -2.25. The van der Waals surface area contributed by atoms with Crippen molar-refractivity contribution in [2.45, 2.75) is 51.6 Å². The Hall–Kier alpha value is -2.17. The zero-order chi connectivity index (χ0) is 17.6. The minimum atomic E-state index is -0.191. The van der Waals surface area contributed by atoms with Gasteiger partial charge in [0.05, 0.1) is 18.3 Å². The highest BCUT2D eigenvalue weighted by Crippen LogP contribution is 2.49. The number of aryl methyl sites for hydroxylation is 2. The SMILES string of the molecule is Cc1cc(C)n(C[C@@H]2CCCN2C(=O)[C@@H]2C[C@H]2c2ccccc2F)n1. The van der Waals surface area contributed by atoms with Gasteiger partial charge in [-0.25, -0.2) is 4.39 Å². The van der Waals surface area contributed by atoms with Crippen LogP contribution in [0.4, 0.5) is 4.39 Å². The lowest BCUT2D eigenvalue weighted by molar-refractivity contribution is -0.133. The highest BCUT2D eigenvalue weighted by Gasteiger charge is 2.48. The van der Waals surface area contributed by atoms with E-state index in [0.29, 0.717) is 5.56 Å². The molecule has 4 nitrogen and oxygen atoms in total. The second-order valence-electron chi connectivity index (χ2n) is 7.41. The normalized spacial score (nSPS) is 25.4. The number of carbonyl (C=O) groups excluding carboxylic acids is 1. The molecule has 0 spiro atoms. The first-order valence-corrected chi connectivity index (χ1v) is 9.10. The van der Waals surface area contributed by atoms with Crippen LogP contribution < -0.4 is 0 Å². The van der Waals surface area contributed by atoms with E-state index in [9.17, 15) is 9.18 Å². The number of amides is 1. The van der Waals surface area contributed by atoms with E-state index in [4.69, 9.17) is 0 Å². The molecule has 1 aliphatic heterocycles. The van der Waals surface area contributed by atoms with Gasteiger partial charge in [0.25, 0.3) is 0 Å². The molecule has 1 aromatic carbocycles. The predicted molar refractivity (Wildman–Crippen MR) is 93.7 cm³/mol. The summed E-state index contributed by atoms with van der Waals surface area (Å²) in [6, 6.07) is 9.10. The van der Waals surface area contributed by atoms with E-state index in [1.807, 2.05) is 28.6 Å². The molecule has 0 bridgehead atoms. The quantitative estimate of drug-likeness (QED) is 0.854. The molecule has 0 N–H and O–H groups in total. The lowest BCUT2D eigenvalue weighted by Crippen LogP contribution is -2.39. The molecule has 1 aliphatic carbocycles. The molecule has 1 amide bonds. The molecule has 2 heterocycles. The molecule has 4 rings (SSSR count). The van der Waals surface area contributed by atoms with E-state index in [-0.39, 0.29) is 29.6 Å². The number of benzene rings is 1. The highest BCUT2D eigenvalue weighted by molar-refractivity contribution is 5.83.